The molecule has 1 aromatic rings. The maximum Gasteiger partial charge on any atom is 0.322 e. The van der Waals surface area contributed by atoms with Gasteiger partial charge in [-0.15, -0.1) is 0 Å². The molecule has 4 rings (SSSR count). The summed E-state index contributed by atoms with van der Waals surface area (Å²) in [6.45, 7) is 0.946. The van der Waals surface area contributed by atoms with Gasteiger partial charge in [-0.2, -0.15) is 0 Å². The van der Waals surface area contributed by atoms with Crippen LogP contribution in [-0.4, -0.2) is 48.2 Å². The third-order valence-corrected chi connectivity index (χ3v) is 5.54. The molecule has 1 aliphatic carbocycles. The first kappa shape index (κ1) is 16.7. The minimum absolute atomic E-state index is 0.0685. The van der Waals surface area contributed by atoms with Gasteiger partial charge in [-0.05, 0) is 43.9 Å². The van der Waals surface area contributed by atoms with Crippen molar-refractivity contribution in [2.75, 3.05) is 18.4 Å². The SMILES string of the molecule is O=C(NC1CCC1)C1CC2CN(C(=O)Nc3cccc(Cl)c3)CC1O2. The first-order chi connectivity index (χ1) is 12.1. The number of halogens is 1. The monoisotopic (exact) mass is 363 g/mol. The van der Waals surface area contributed by atoms with E-state index in [0.717, 1.165) is 12.8 Å². The molecule has 1 aromatic carbocycles. The Bertz CT molecular complexity index is 679. The van der Waals surface area contributed by atoms with Gasteiger partial charge in [0.25, 0.3) is 0 Å². The first-order valence-corrected chi connectivity index (χ1v) is 9.23. The number of anilines is 1. The van der Waals surface area contributed by atoms with Crippen LogP contribution < -0.4 is 10.6 Å². The van der Waals surface area contributed by atoms with Crippen molar-refractivity contribution in [1.29, 1.82) is 0 Å². The summed E-state index contributed by atoms with van der Waals surface area (Å²) in [5.41, 5.74) is 0.663. The fourth-order valence-electron chi connectivity index (χ4n) is 3.73. The van der Waals surface area contributed by atoms with Crippen molar-refractivity contribution >= 4 is 29.2 Å². The molecule has 0 aromatic heterocycles. The zero-order valence-corrected chi connectivity index (χ0v) is 14.7. The van der Waals surface area contributed by atoms with Gasteiger partial charge in [-0.3, -0.25) is 4.79 Å². The predicted molar refractivity (Wildman–Crippen MR) is 94.6 cm³/mol. The van der Waals surface area contributed by atoms with Crippen LogP contribution in [0, 0.1) is 5.92 Å². The lowest BCUT2D eigenvalue weighted by Gasteiger charge is -2.33. The number of carbonyl (C=O) groups excluding carboxylic acids is 2. The van der Waals surface area contributed by atoms with Crippen LogP contribution in [0.4, 0.5) is 10.5 Å². The van der Waals surface area contributed by atoms with Gasteiger partial charge in [0, 0.05) is 29.8 Å². The van der Waals surface area contributed by atoms with Gasteiger partial charge in [0.05, 0.1) is 18.1 Å². The van der Waals surface area contributed by atoms with E-state index in [0.29, 0.717) is 36.3 Å². The Balaban J connectivity index is 1.36. The number of rotatable bonds is 3. The summed E-state index contributed by atoms with van der Waals surface area (Å²) in [7, 11) is 0. The minimum atomic E-state index is -0.219. The van der Waals surface area contributed by atoms with Gasteiger partial charge < -0.3 is 20.3 Å². The average molecular weight is 364 g/mol. The Morgan fingerprint density at radius 2 is 2.08 bits per heavy atom. The van der Waals surface area contributed by atoms with Crippen molar-refractivity contribution < 1.29 is 14.3 Å². The Hall–Kier alpha value is -1.79. The number of hydrogen-bond donors (Lipinski definition) is 2. The molecule has 6 nitrogen and oxygen atoms in total. The van der Waals surface area contributed by atoms with E-state index in [9.17, 15) is 9.59 Å². The molecule has 2 heterocycles. The molecule has 2 N–H and O–H groups in total. The lowest BCUT2D eigenvalue weighted by molar-refractivity contribution is -0.128. The molecule has 0 spiro atoms. The second kappa shape index (κ2) is 6.84. The molecular formula is C18H22ClN3O3. The third kappa shape index (κ3) is 3.60. The Morgan fingerprint density at radius 3 is 2.80 bits per heavy atom. The number of nitrogens with zero attached hydrogens (tertiary/aromatic N) is 1. The molecule has 3 unspecified atom stereocenters. The van der Waals surface area contributed by atoms with Gasteiger partial charge in [0.15, 0.2) is 0 Å². The molecule has 3 aliphatic rings. The van der Waals surface area contributed by atoms with E-state index in [-0.39, 0.29) is 30.1 Å². The van der Waals surface area contributed by atoms with Crippen LogP contribution in [0.15, 0.2) is 24.3 Å². The quantitative estimate of drug-likeness (QED) is 0.867. The average Bonchev–Trinajstić information content (AvgIpc) is 2.85. The predicted octanol–water partition coefficient (Wildman–Crippen LogP) is 2.63. The van der Waals surface area contributed by atoms with Crippen LogP contribution in [0.1, 0.15) is 25.7 Å². The topological polar surface area (TPSA) is 70.7 Å². The van der Waals surface area contributed by atoms with E-state index in [4.69, 9.17) is 16.3 Å². The van der Waals surface area contributed by atoms with E-state index < -0.39 is 0 Å². The number of carbonyl (C=O) groups is 2. The van der Waals surface area contributed by atoms with E-state index in [1.807, 2.05) is 0 Å². The number of nitrogens with one attached hydrogen (secondary N) is 2. The van der Waals surface area contributed by atoms with E-state index in [1.165, 1.54) is 6.42 Å². The van der Waals surface area contributed by atoms with Gasteiger partial charge in [-0.1, -0.05) is 17.7 Å². The summed E-state index contributed by atoms with van der Waals surface area (Å²) < 4.78 is 5.91. The number of amides is 3. The number of hydrogen-bond acceptors (Lipinski definition) is 3. The van der Waals surface area contributed by atoms with Gasteiger partial charge >= 0.3 is 6.03 Å². The summed E-state index contributed by atoms with van der Waals surface area (Å²) in [6.07, 6.45) is 3.73. The fourth-order valence-corrected chi connectivity index (χ4v) is 3.92. The van der Waals surface area contributed by atoms with Crippen molar-refractivity contribution in [2.24, 2.45) is 5.92 Å². The van der Waals surface area contributed by atoms with E-state index in [1.54, 1.807) is 29.2 Å². The lowest BCUT2D eigenvalue weighted by Crippen LogP contribution is -2.50. The highest BCUT2D eigenvalue weighted by Crippen LogP contribution is 2.33. The number of likely N-dealkylation sites (tertiary alicyclic amines) is 1. The highest BCUT2D eigenvalue weighted by Gasteiger charge is 2.46. The maximum atomic E-state index is 12.5. The van der Waals surface area contributed by atoms with Crippen molar-refractivity contribution in [2.45, 2.75) is 43.9 Å². The Morgan fingerprint density at radius 1 is 1.24 bits per heavy atom. The molecule has 7 heteroatoms. The smallest absolute Gasteiger partial charge is 0.322 e. The standard InChI is InChI=1S/C18H22ClN3O3/c19-11-3-1-6-13(7-11)21-18(24)22-9-14-8-15(16(10-22)25-14)17(23)20-12-4-2-5-12/h1,3,6-7,12,14-16H,2,4-5,8-10H2,(H,20,23)(H,21,24). The first-order valence-electron chi connectivity index (χ1n) is 8.86. The highest BCUT2D eigenvalue weighted by atomic mass is 35.5. The molecule has 25 heavy (non-hydrogen) atoms. The summed E-state index contributed by atoms with van der Waals surface area (Å²) in [6, 6.07) is 7.21. The fraction of sp³-hybridized carbons (Fsp3) is 0.556. The third-order valence-electron chi connectivity index (χ3n) is 5.31. The van der Waals surface area contributed by atoms with Crippen LogP contribution in [0.5, 0.6) is 0 Å². The van der Waals surface area contributed by atoms with Crippen LogP contribution in [0.2, 0.25) is 5.02 Å². The van der Waals surface area contributed by atoms with Crippen molar-refractivity contribution in [3.8, 4) is 0 Å². The van der Waals surface area contributed by atoms with Crippen molar-refractivity contribution in [1.82, 2.24) is 10.2 Å². The molecule has 2 bridgehead atoms. The second-order valence-corrected chi connectivity index (χ2v) is 7.56. The zero-order chi connectivity index (χ0) is 17.4. The van der Waals surface area contributed by atoms with Crippen LogP contribution in [-0.2, 0) is 9.53 Å². The summed E-state index contributed by atoms with van der Waals surface area (Å²) in [5, 5.41) is 6.55. The summed E-state index contributed by atoms with van der Waals surface area (Å²) in [4.78, 5) is 26.7. The molecule has 3 fully saturated rings. The molecule has 1 saturated carbocycles. The highest BCUT2D eigenvalue weighted by molar-refractivity contribution is 6.30. The molecule has 3 amide bonds. The number of urea groups is 1. The number of benzene rings is 1. The zero-order valence-electron chi connectivity index (χ0n) is 13.9. The van der Waals surface area contributed by atoms with Gasteiger partial charge in [0.1, 0.15) is 0 Å². The van der Waals surface area contributed by atoms with Crippen molar-refractivity contribution in [3.05, 3.63) is 29.3 Å². The largest absolute Gasteiger partial charge is 0.370 e. The molecule has 0 radical (unpaired) electrons. The molecule has 3 atom stereocenters. The van der Waals surface area contributed by atoms with Crippen molar-refractivity contribution in [3.63, 3.8) is 0 Å². The van der Waals surface area contributed by atoms with E-state index in [2.05, 4.69) is 10.6 Å². The maximum absolute atomic E-state index is 12.5. The molecule has 2 aliphatic heterocycles. The van der Waals surface area contributed by atoms with Gasteiger partial charge in [0.2, 0.25) is 5.91 Å². The Kier molecular flexibility index (Phi) is 4.56. The van der Waals surface area contributed by atoms with E-state index >= 15 is 0 Å². The van der Waals surface area contributed by atoms with Gasteiger partial charge in [-0.25, -0.2) is 4.79 Å². The summed E-state index contributed by atoms with van der Waals surface area (Å²) in [5.74, 6) is -0.0798. The van der Waals surface area contributed by atoms with Crippen LogP contribution in [0.25, 0.3) is 0 Å². The second-order valence-electron chi connectivity index (χ2n) is 7.12. The molecule has 2 saturated heterocycles. The van der Waals surface area contributed by atoms with Crippen LogP contribution in [0.3, 0.4) is 0 Å². The molecular weight excluding hydrogens is 342 g/mol. The number of ether oxygens (including phenoxy) is 1. The number of morpholine rings is 1. The summed E-state index contributed by atoms with van der Waals surface area (Å²) >= 11 is 5.95. The lowest BCUT2D eigenvalue weighted by atomic mass is 9.91. The number of fused-ring (bicyclic) bond motifs is 2. The molecule has 134 valence electrons. The Labute approximate surface area is 151 Å². The normalized spacial score (nSPS) is 28.4. The van der Waals surface area contributed by atoms with Crippen LogP contribution >= 0.6 is 11.6 Å². The minimum Gasteiger partial charge on any atom is -0.370 e.